The summed E-state index contributed by atoms with van der Waals surface area (Å²) in [5.74, 6) is 2.00. The Bertz CT molecular complexity index is 473. The van der Waals surface area contributed by atoms with Crippen LogP contribution in [0.1, 0.15) is 58.3 Å². The molecule has 3 heteroatoms. The Kier molecular flexibility index (Phi) is 3.67. The minimum absolute atomic E-state index is 0.0318. The highest BCUT2D eigenvalue weighted by molar-refractivity contribution is 5.21. The molecule has 4 aliphatic carbocycles. The van der Waals surface area contributed by atoms with Crippen molar-refractivity contribution in [3.63, 3.8) is 0 Å². The Balaban J connectivity index is 1.67. The normalized spacial score (nSPS) is 54.2. The third-order valence-corrected chi connectivity index (χ3v) is 7.74. The monoisotopic (exact) mass is 306 g/mol. The second kappa shape index (κ2) is 5.32. The van der Waals surface area contributed by atoms with Gasteiger partial charge in [0.25, 0.3) is 0 Å². The predicted octanol–water partition coefficient (Wildman–Crippen LogP) is 2.64. The molecular formula is C19H30O3. The summed E-state index contributed by atoms with van der Waals surface area (Å²) in [6.07, 6.45) is 9.22. The second-order valence-corrected chi connectivity index (χ2v) is 8.33. The fourth-order valence-electron chi connectivity index (χ4n) is 6.80. The lowest BCUT2D eigenvalue weighted by molar-refractivity contribution is -0.129. The van der Waals surface area contributed by atoms with E-state index in [2.05, 4.69) is 13.0 Å². The van der Waals surface area contributed by atoms with E-state index in [1.54, 1.807) is 0 Å². The first-order chi connectivity index (χ1) is 10.6. The minimum atomic E-state index is -0.280. The Morgan fingerprint density at radius 3 is 2.68 bits per heavy atom. The van der Waals surface area contributed by atoms with Gasteiger partial charge in [0.05, 0.1) is 18.3 Å². The van der Waals surface area contributed by atoms with Crippen molar-refractivity contribution in [1.82, 2.24) is 0 Å². The van der Waals surface area contributed by atoms with Crippen LogP contribution in [0.4, 0.5) is 0 Å². The van der Waals surface area contributed by atoms with Crippen LogP contribution in [0.15, 0.2) is 11.6 Å². The van der Waals surface area contributed by atoms with Gasteiger partial charge in [-0.1, -0.05) is 18.6 Å². The number of aliphatic hydroxyl groups is 3. The van der Waals surface area contributed by atoms with E-state index in [0.717, 1.165) is 51.4 Å². The maximum atomic E-state index is 11.0. The highest BCUT2D eigenvalue weighted by Crippen LogP contribution is 2.63. The molecular weight excluding hydrogens is 276 g/mol. The van der Waals surface area contributed by atoms with Gasteiger partial charge in [0.2, 0.25) is 0 Å². The number of rotatable bonds is 1. The maximum Gasteiger partial charge on any atom is 0.0723 e. The third kappa shape index (κ3) is 1.98. The van der Waals surface area contributed by atoms with Gasteiger partial charge in [-0.25, -0.2) is 0 Å². The molecule has 0 radical (unpaired) electrons. The van der Waals surface area contributed by atoms with Crippen molar-refractivity contribution in [2.45, 2.75) is 76.6 Å². The molecule has 0 unspecified atom stereocenters. The topological polar surface area (TPSA) is 60.7 Å². The summed E-state index contributed by atoms with van der Waals surface area (Å²) in [5, 5.41) is 31.5. The van der Waals surface area contributed by atoms with Crippen LogP contribution in [0.2, 0.25) is 0 Å². The number of hydrogen-bond acceptors (Lipinski definition) is 3. The summed E-state index contributed by atoms with van der Waals surface area (Å²) in [4.78, 5) is 0. The van der Waals surface area contributed by atoms with E-state index in [0.29, 0.717) is 23.7 Å². The largest absolute Gasteiger partial charge is 0.393 e. The zero-order valence-corrected chi connectivity index (χ0v) is 13.6. The molecule has 0 aromatic carbocycles. The highest BCUT2D eigenvalue weighted by atomic mass is 16.3. The van der Waals surface area contributed by atoms with Crippen LogP contribution < -0.4 is 0 Å². The SMILES string of the molecule is CC[C@]12C[C@@H](O)[C@H]3[C@@H](CCC4=C[C@H](O)CC[C@@H]43)[C@@H]1CC[C@@H]2O. The van der Waals surface area contributed by atoms with Crippen LogP contribution in [0, 0.1) is 29.1 Å². The first-order valence-electron chi connectivity index (χ1n) is 9.31. The molecule has 0 aromatic heterocycles. The Morgan fingerprint density at radius 2 is 1.91 bits per heavy atom. The lowest BCUT2D eigenvalue weighted by Crippen LogP contribution is -2.54. The Hall–Kier alpha value is -0.380. The van der Waals surface area contributed by atoms with E-state index >= 15 is 0 Å². The van der Waals surface area contributed by atoms with Crippen LogP contribution in [-0.4, -0.2) is 33.6 Å². The fraction of sp³-hybridized carbons (Fsp3) is 0.895. The van der Waals surface area contributed by atoms with Gasteiger partial charge in [-0.15, -0.1) is 0 Å². The molecule has 124 valence electrons. The molecule has 0 heterocycles. The zero-order chi connectivity index (χ0) is 15.5. The first-order valence-corrected chi connectivity index (χ1v) is 9.31. The number of aliphatic hydroxyl groups excluding tert-OH is 3. The van der Waals surface area contributed by atoms with Gasteiger partial charge in [-0.3, -0.25) is 0 Å². The summed E-state index contributed by atoms with van der Waals surface area (Å²) in [6.45, 7) is 2.19. The smallest absolute Gasteiger partial charge is 0.0723 e. The average molecular weight is 306 g/mol. The van der Waals surface area contributed by atoms with E-state index in [1.165, 1.54) is 5.57 Å². The van der Waals surface area contributed by atoms with Gasteiger partial charge >= 0.3 is 0 Å². The Labute approximate surface area is 133 Å². The molecule has 0 amide bonds. The van der Waals surface area contributed by atoms with Crippen molar-refractivity contribution in [1.29, 1.82) is 0 Å². The Morgan fingerprint density at radius 1 is 1.09 bits per heavy atom. The van der Waals surface area contributed by atoms with E-state index in [1.807, 2.05) is 0 Å². The summed E-state index contributed by atoms with van der Waals surface area (Å²) < 4.78 is 0. The molecule has 3 nitrogen and oxygen atoms in total. The molecule has 0 bridgehead atoms. The van der Waals surface area contributed by atoms with Crippen molar-refractivity contribution in [2.75, 3.05) is 0 Å². The van der Waals surface area contributed by atoms with Crippen molar-refractivity contribution in [3.05, 3.63) is 11.6 Å². The van der Waals surface area contributed by atoms with Crippen molar-refractivity contribution >= 4 is 0 Å². The van der Waals surface area contributed by atoms with Crippen molar-refractivity contribution in [3.8, 4) is 0 Å². The lowest BCUT2D eigenvalue weighted by atomic mass is 9.50. The predicted molar refractivity (Wildman–Crippen MR) is 85.1 cm³/mol. The van der Waals surface area contributed by atoms with Gasteiger partial charge < -0.3 is 15.3 Å². The van der Waals surface area contributed by atoms with Crippen LogP contribution in [-0.2, 0) is 0 Å². The van der Waals surface area contributed by atoms with Crippen LogP contribution >= 0.6 is 0 Å². The van der Waals surface area contributed by atoms with Crippen molar-refractivity contribution in [2.24, 2.45) is 29.1 Å². The molecule has 4 aliphatic rings. The molecule has 3 saturated carbocycles. The van der Waals surface area contributed by atoms with E-state index in [4.69, 9.17) is 0 Å². The zero-order valence-electron chi connectivity index (χ0n) is 13.6. The summed E-state index contributed by atoms with van der Waals surface area (Å²) >= 11 is 0. The summed E-state index contributed by atoms with van der Waals surface area (Å²) in [5.41, 5.74) is 1.37. The van der Waals surface area contributed by atoms with Gasteiger partial charge in [0, 0.05) is 5.41 Å². The summed E-state index contributed by atoms with van der Waals surface area (Å²) in [7, 11) is 0. The fourth-order valence-corrected chi connectivity index (χ4v) is 6.80. The summed E-state index contributed by atoms with van der Waals surface area (Å²) in [6, 6.07) is 0. The molecule has 0 aliphatic heterocycles. The number of fused-ring (bicyclic) bond motifs is 5. The maximum absolute atomic E-state index is 11.0. The van der Waals surface area contributed by atoms with Gasteiger partial charge in [-0.05, 0) is 75.0 Å². The number of allylic oxidation sites excluding steroid dienone is 1. The van der Waals surface area contributed by atoms with Crippen LogP contribution in [0.3, 0.4) is 0 Å². The molecule has 0 spiro atoms. The van der Waals surface area contributed by atoms with Crippen LogP contribution in [0.5, 0.6) is 0 Å². The molecule has 3 N–H and O–H groups in total. The highest BCUT2D eigenvalue weighted by Gasteiger charge is 2.60. The minimum Gasteiger partial charge on any atom is -0.393 e. The third-order valence-electron chi connectivity index (χ3n) is 7.74. The van der Waals surface area contributed by atoms with E-state index < -0.39 is 0 Å². The van der Waals surface area contributed by atoms with Crippen molar-refractivity contribution < 1.29 is 15.3 Å². The number of hydrogen-bond donors (Lipinski definition) is 3. The molecule has 22 heavy (non-hydrogen) atoms. The standard InChI is InChI=1S/C19H30O3/c1-2-19-10-16(21)18-13-6-4-12(20)9-11(13)3-5-14(18)15(19)7-8-17(19)22/h9,12-18,20-22H,2-8,10H2,1H3/t12-,13+,14+,15+,16-,17+,18-,19+/m1/s1. The van der Waals surface area contributed by atoms with E-state index in [-0.39, 0.29) is 23.7 Å². The van der Waals surface area contributed by atoms with Gasteiger partial charge in [-0.2, -0.15) is 0 Å². The van der Waals surface area contributed by atoms with E-state index in [9.17, 15) is 15.3 Å². The second-order valence-electron chi connectivity index (χ2n) is 8.33. The van der Waals surface area contributed by atoms with Gasteiger partial charge in [0.1, 0.15) is 0 Å². The molecule has 0 saturated heterocycles. The molecule has 3 fully saturated rings. The van der Waals surface area contributed by atoms with Gasteiger partial charge in [0.15, 0.2) is 0 Å². The molecule has 0 aromatic rings. The van der Waals surface area contributed by atoms with Crippen LogP contribution in [0.25, 0.3) is 0 Å². The molecule has 4 rings (SSSR count). The first kappa shape index (κ1) is 15.2. The molecule has 8 atom stereocenters. The lowest BCUT2D eigenvalue weighted by Gasteiger charge is -2.56. The average Bonchev–Trinajstić information content (AvgIpc) is 2.84. The quantitative estimate of drug-likeness (QED) is 0.653.